The monoisotopic (exact) mass is 398 g/mol. The molecule has 0 aliphatic rings. The maximum absolute atomic E-state index is 14.7. The number of halogens is 1. The molecule has 0 spiro atoms. The standard InChI is InChI=1S/C23H27FO3Si/c1-23(2,3)28(4,5)27-17-20-13-9-12-19(22(20)24)14-15-21(25)26-16-18-10-7-6-8-11-18/h6-13H,16-17H2,1-5H3. The van der Waals surface area contributed by atoms with Crippen molar-refractivity contribution in [3.8, 4) is 11.8 Å². The number of carbonyl (C=O) groups is 1. The van der Waals surface area contributed by atoms with Crippen LogP contribution in [0.2, 0.25) is 18.1 Å². The van der Waals surface area contributed by atoms with E-state index in [1.54, 1.807) is 18.2 Å². The second-order valence-electron chi connectivity index (χ2n) is 8.14. The Hall–Kier alpha value is -2.42. The molecule has 0 aliphatic heterocycles. The van der Waals surface area contributed by atoms with Gasteiger partial charge < -0.3 is 9.16 Å². The quantitative estimate of drug-likeness (QED) is 0.382. The van der Waals surface area contributed by atoms with Crippen molar-refractivity contribution in [3.05, 3.63) is 71.0 Å². The first-order chi connectivity index (χ1) is 13.1. The van der Waals surface area contributed by atoms with Gasteiger partial charge in [0.1, 0.15) is 12.4 Å². The van der Waals surface area contributed by atoms with Crippen LogP contribution in [0.3, 0.4) is 0 Å². The minimum atomic E-state index is -1.98. The molecule has 2 rings (SSSR count). The van der Waals surface area contributed by atoms with Crippen LogP contribution in [0, 0.1) is 17.7 Å². The first-order valence-corrected chi connectivity index (χ1v) is 12.1. The Bertz CT molecular complexity index is 874. The Labute approximate surface area is 168 Å². The fraction of sp³-hybridized carbons (Fsp3) is 0.348. The Balaban J connectivity index is 2.03. The molecule has 0 bridgehead atoms. The van der Waals surface area contributed by atoms with E-state index in [-0.39, 0.29) is 23.8 Å². The molecule has 0 aromatic heterocycles. The highest BCUT2D eigenvalue weighted by Crippen LogP contribution is 2.37. The minimum absolute atomic E-state index is 0.0450. The van der Waals surface area contributed by atoms with E-state index in [1.807, 2.05) is 30.3 Å². The van der Waals surface area contributed by atoms with Crippen LogP contribution in [0.4, 0.5) is 4.39 Å². The number of rotatable bonds is 5. The van der Waals surface area contributed by atoms with Crippen LogP contribution in [0.5, 0.6) is 0 Å². The van der Waals surface area contributed by atoms with Crippen LogP contribution >= 0.6 is 0 Å². The first-order valence-electron chi connectivity index (χ1n) is 9.24. The first kappa shape index (κ1) is 21.9. The lowest BCUT2D eigenvalue weighted by atomic mass is 10.1. The molecule has 3 nitrogen and oxygen atoms in total. The van der Waals surface area contributed by atoms with Gasteiger partial charge in [-0.15, -0.1) is 0 Å². The van der Waals surface area contributed by atoms with Crippen molar-refractivity contribution < 1.29 is 18.3 Å². The summed E-state index contributed by atoms with van der Waals surface area (Å²) in [5, 5.41) is 0.0450. The van der Waals surface area contributed by atoms with Crippen molar-refractivity contribution in [1.29, 1.82) is 0 Å². The van der Waals surface area contributed by atoms with Crippen LogP contribution in [0.1, 0.15) is 37.5 Å². The second kappa shape index (κ2) is 9.18. The molecule has 0 saturated carbocycles. The third-order valence-corrected chi connectivity index (χ3v) is 9.46. The molecule has 0 saturated heterocycles. The number of carbonyl (C=O) groups excluding carboxylic acids is 1. The van der Waals surface area contributed by atoms with E-state index in [0.717, 1.165) is 5.56 Å². The molecule has 28 heavy (non-hydrogen) atoms. The Morgan fingerprint density at radius 3 is 2.36 bits per heavy atom. The van der Waals surface area contributed by atoms with E-state index in [9.17, 15) is 9.18 Å². The SMILES string of the molecule is CC(C)(C)[Si](C)(C)OCc1cccc(C#CC(=O)OCc2ccccc2)c1F. The molecule has 5 heteroatoms. The minimum Gasteiger partial charge on any atom is -0.451 e. The molecule has 0 atom stereocenters. The molecule has 2 aromatic rings. The third kappa shape index (κ3) is 6.05. The van der Waals surface area contributed by atoms with Gasteiger partial charge in [0.2, 0.25) is 0 Å². The molecule has 0 heterocycles. The highest BCUT2D eigenvalue weighted by atomic mass is 28.4. The van der Waals surface area contributed by atoms with Crippen molar-refractivity contribution in [1.82, 2.24) is 0 Å². The summed E-state index contributed by atoms with van der Waals surface area (Å²) in [6, 6.07) is 14.3. The van der Waals surface area contributed by atoms with Gasteiger partial charge in [-0.2, -0.15) is 0 Å². The number of esters is 1. The summed E-state index contributed by atoms with van der Waals surface area (Å²) < 4.78 is 25.9. The molecule has 148 valence electrons. The molecule has 0 N–H and O–H groups in total. The molecule has 2 aromatic carbocycles. The number of benzene rings is 2. The van der Waals surface area contributed by atoms with Gasteiger partial charge in [-0.1, -0.05) is 69.2 Å². The average molecular weight is 399 g/mol. The zero-order valence-corrected chi connectivity index (χ0v) is 18.1. The van der Waals surface area contributed by atoms with Gasteiger partial charge in [0.15, 0.2) is 8.32 Å². The molecule has 0 aliphatic carbocycles. The van der Waals surface area contributed by atoms with E-state index < -0.39 is 20.1 Å². The van der Waals surface area contributed by atoms with Crippen LogP contribution in [-0.4, -0.2) is 14.3 Å². The summed E-state index contributed by atoms with van der Waals surface area (Å²) in [5.41, 5.74) is 1.47. The van der Waals surface area contributed by atoms with Gasteiger partial charge in [-0.05, 0) is 29.8 Å². The van der Waals surface area contributed by atoms with Crippen molar-refractivity contribution in [2.45, 2.75) is 52.1 Å². The van der Waals surface area contributed by atoms with Gasteiger partial charge in [-0.25, -0.2) is 9.18 Å². The molecule has 0 unspecified atom stereocenters. The lowest BCUT2D eigenvalue weighted by Crippen LogP contribution is -2.40. The highest BCUT2D eigenvalue weighted by molar-refractivity contribution is 6.74. The van der Waals surface area contributed by atoms with Gasteiger partial charge in [0.25, 0.3) is 0 Å². The summed E-state index contributed by atoms with van der Waals surface area (Å²) in [4.78, 5) is 11.8. The maximum Gasteiger partial charge on any atom is 0.385 e. The van der Waals surface area contributed by atoms with E-state index in [0.29, 0.717) is 5.56 Å². The molecule has 0 radical (unpaired) electrons. The topological polar surface area (TPSA) is 35.5 Å². The van der Waals surface area contributed by atoms with Gasteiger partial charge >= 0.3 is 5.97 Å². The summed E-state index contributed by atoms with van der Waals surface area (Å²) in [5.74, 6) is 3.78. The van der Waals surface area contributed by atoms with Gasteiger partial charge in [-0.3, -0.25) is 0 Å². The Morgan fingerprint density at radius 1 is 1.04 bits per heavy atom. The fourth-order valence-electron chi connectivity index (χ4n) is 2.14. The van der Waals surface area contributed by atoms with Crippen molar-refractivity contribution in [3.63, 3.8) is 0 Å². The average Bonchev–Trinajstić information content (AvgIpc) is 2.64. The Kier molecular flexibility index (Phi) is 7.17. The number of ether oxygens (including phenoxy) is 1. The molecule has 0 fully saturated rings. The molecule has 0 amide bonds. The predicted molar refractivity (Wildman–Crippen MR) is 112 cm³/mol. The summed E-state index contributed by atoms with van der Waals surface area (Å²) >= 11 is 0. The van der Waals surface area contributed by atoms with E-state index in [2.05, 4.69) is 45.7 Å². The summed E-state index contributed by atoms with van der Waals surface area (Å²) in [7, 11) is -1.98. The van der Waals surface area contributed by atoms with Gasteiger partial charge in [0.05, 0.1) is 12.2 Å². The van der Waals surface area contributed by atoms with Gasteiger partial charge in [0, 0.05) is 11.5 Å². The Morgan fingerprint density at radius 2 is 1.71 bits per heavy atom. The largest absolute Gasteiger partial charge is 0.451 e. The third-order valence-electron chi connectivity index (χ3n) is 4.99. The zero-order valence-electron chi connectivity index (χ0n) is 17.1. The van der Waals surface area contributed by atoms with E-state index in [1.165, 1.54) is 0 Å². The smallest absolute Gasteiger partial charge is 0.385 e. The lowest BCUT2D eigenvalue weighted by Gasteiger charge is -2.36. The number of hydrogen-bond donors (Lipinski definition) is 0. The predicted octanol–water partition coefficient (Wildman–Crippen LogP) is 5.44. The van der Waals surface area contributed by atoms with Crippen molar-refractivity contribution >= 4 is 14.3 Å². The summed E-state index contributed by atoms with van der Waals surface area (Å²) in [6.45, 7) is 11.0. The zero-order chi connectivity index (χ0) is 20.8. The van der Waals surface area contributed by atoms with E-state index in [4.69, 9.17) is 9.16 Å². The van der Waals surface area contributed by atoms with E-state index >= 15 is 0 Å². The maximum atomic E-state index is 14.7. The lowest BCUT2D eigenvalue weighted by molar-refractivity contribution is -0.137. The number of hydrogen-bond acceptors (Lipinski definition) is 3. The second-order valence-corrected chi connectivity index (χ2v) is 12.9. The van der Waals surface area contributed by atoms with Crippen molar-refractivity contribution in [2.24, 2.45) is 0 Å². The summed E-state index contributed by atoms with van der Waals surface area (Å²) in [6.07, 6.45) is 0. The van der Waals surface area contributed by atoms with Crippen LogP contribution < -0.4 is 0 Å². The van der Waals surface area contributed by atoms with Crippen molar-refractivity contribution in [2.75, 3.05) is 0 Å². The van der Waals surface area contributed by atoms with Crippen LogP contribution in [0.25, 0.3) is 0 Å². The highest BCUT2D eigenvalue weighted by Gasteiger charge is 2.37. The van der Waals surface area contributed by atoms with Crippen LogP contribution in [0.15, 0.2) is 48.5 Å². The normalized spacial score (nSPS) is 11.5. The molecular weight excluding hydrogens is 371 g/mol. The molecular formula is C23H27FO3Si. The fourth-order valence-corrected chi connectivity index (χ4v) is 3.09. The van der Waals surface area contributed by atoms with Crippen LogP contribution in [-0.2, 0) is 27.2 Å².